The van der Waals surface area contributed by atoms with E-state index in [0.29, 0.717) is 16.5 Å². The number of piperidine rings is 1. The molecule has 6 rings (SSSR count). The molecule has 1 fully saturated rings. The van der Waals surface area contributed by atoms with Gasteiger partial charge in [-0.15, -0.1) is 11.3 Å². The van der Waals surface area contributed by atoms with E-state index in [1.165, 1.54) is 0 Å². The van der Waals surface area contributed by atoms with Crippen LogP contribution in [0.1, 0.15) is 28.8 Å². The molecule has 0 amide bonds. The highest BCUT2D eigenvalue weighted by Gasteiger charge is 2.20. The molecule has 6 heteroatoms. The average Bonchev–Trinajstić information content (AvgIpc) is 3.22. The SMILES string of the molecule is CN1CCC(Oc2ccc(C(=O)c3cc4sc5cc(O)ccc5c4c4ccc(O)cc34)cc2)CC1. The predicted octanol–water partition coefficient (Wildman–Crippen LogP) is 6.32. The quantitative estimate of drug-likeness (QED) is 0.293. The lowest BCUT2D eigenvalue weighted by Gasteiger charge is -2.29. The van der Waals surface area contributed by atoms with Crippen LogP contribution in [0.15, 0.2) is 66.7 Å². The van der Waals surface area contributed by atoms with Gasteiger partial charge in [0.25, 0.3) is 0 Å². The lowest BCUT2D eigenvalue weighted by atomic mass is 9.94. The number of ketones is 1. The first-order chi connectivity index (χ1) is 17.0. The third-order valence-corrected chi connectivity index (χ3v) is 7.97. The van der Waals surface area contributed by atoms with Gasteiger partial charge in [-0.05, 0) is 91.3 Å². The number of nitrogens with zero attached hydrogens (tertiary/aromatic N) is 1. The summed E-state index contributed by atoms with van der Waals surface area (Å²) in [6.07, 6.45) is 2.20. The van der Waals surface area contributed by atoms with Gasteiger partial charge in [0.15, 0.2) is 5.78 Å². The molecule has 0 atom stereocenters. The summed E-state index contributed by atoms with van der Waals surface area (Å²) in [5, 5.41) is 23.8. The summed E-state index contributed by atoms with van der Waals surface area (Å²) >= 11 is 1.55. The molecule has 1 aliphatic heterocycles. The molecule has 5 aromatic rings. The number of phenolic OH excluding ortho intramolecular Hbond substituents is 2. The molecule has 0 spiro atoms. The topological polar surface area (TPSA) is 70.0 Å². The largest absolute Gasteiger partial charge is 0.508 e. The van der Waals surface area contributed by atoms with Crippen LogP contribution in [0.2, 0.25) is 0 Å². The second-order valence-corrected chi connectivity index (χ2v) is 10.4. The second kappa shape index (κ2) is 8.56. The molecule has 1 aromatic heterocycles. The van der Waals surface area contributed by atoms with E-state index in [4.69, 9.17) is 4.74 Å². The van der Waals surface area contributed by atoms with Crippen LogP contribution in [0, 0.1) is 0 Å². The molecule has 0 unspecified atom stereocenters. The standard InChI is InChI=1S/C29H25NO4S/c1-30-12-10-21(11-13-30)34-20-6-2-17(3-7-20)29(33)25-16-27-28(22-8-4-18(31)14-24(22)25)23-9-5-19(32)15-26(23)35-27/h2-9,14-16,21,31-32H,10-13H2,1H3. The summed E-state index contributed by atoms with van der Waals surface area (Å²) in [6.45, 7) is 2.06. The zero-order valence-corrected chi connectivity index (χ0v) is 20.1. The molecule has 0 radical (unpaired) electrons. The van der Waals surface area contributed by atoms with Crippen LogP contribution in [-0.2, 0) is 0 Å². The summed E-state index contributed by atoms with van der Waals surface area (Å²) in [5.74, 6) is 1.00. The molecular formula is C29H25NO4S. The number of phenols is 2. The van der Waals surface area contributed by atoms with Crippen LogP contribution in [0.5, 0.6) is 17.2 Å². The molecule has 1 aliphatic rings. The van der Waals surface area contributed by atoms with Crippen LogP contribution in [0.3, 0.4) is 0 Å². The van der Waals surface area contributed by atoms with Crippen molar-refractivity contribution in [3.8, 4) is 17.2 Å². The molecular weight excluding hydrogens is 458 g/mol. The number of fused-ring (bicyclic) bond motifs is 5. The fraction of sp³-hybridized carbons (Fsp3) is 0.207. The molecule has 4 aromatic carbocycles. The Hall–Kier alpha value is -3.61. The molecule has 0 aliphatic carbocycles. The van der Waals surface area contributed by atoms with E-state index >= 15 is 0 Å². The smallest absolute Gasteiger partial charge is 0.193 e. The molecule has 176 valence electrons. The normalized spacial score (nSPS) is 15.2. The summed E-state index contributed by atoms with van der Waals surface area (Å²) in [7, 11) is 2.13. The fourth-order valence-electron chi connectivity index (χ4n) is 4.99. The van der Waals surface area contributed by atoms with Gasteiger partial charge in [-0.25, -0.2) is 0 Å². The van der Waals surface area contributed by atoms with Gasteiger partial charge < -0.3 is 19.8 Å². The van der Waals surface area contributed by atoms with E-state index in [1.807, 2.05) is 42.5 Å². The Labute approximate surface area is 206 Å². The third-order valence-electron chi connectivity index (χ3n) is 6.87. The van der Waals surface area contributed by atoms with Crippen LogP contribution in [-0.4, -0.2) is 47.1 Å². The predicted molar refractivity (Wildman–Crippen MR) is 141 cm³/mol. The Morgan fingerprint density at radius 3 is 2.29 bits per heavy atom. The van der Waals surface area contributed by atoms with E-state index < -0.39 is 0 Å². The summed E-state index contributed by atoms with van der Waals surface area (Å²) in [5.41, 5.74) is 1.12. The minimum atomic E-state index is -0.103. The maximum absolute atomic E-state index is 13.7. The highest BCUT2D eigenvalue weighted by molar-refractivity contribution is 7.26. The lowest BCUT2D eigenvalue weighted by molar-refractivity contribution is 0.104. The number of rotatable bonds is 4. The van der Waals surface area contributed by atoms with Crippen molar-refractivity contribution in [2.24, 2.45) is 0 Å². The number of thiophene rings is 1. The van der Waals surface area contributed by atoms with Crippen LogP contribution < -0.4 is 4.74 Å². The summed E-state index contributed by atoms with van der Waals surface area (Å²) in [4.78, 5) is 16.0. The van der Waals surface area contributed by atoms with Gasteiger partial charge in [-0.2, -0.15) is 0 Å². The Morgan fingerprint density at radius 1 is 0.857 bits per heavy atom. The maximum Gasteiger partial charge on any atom is 0.193 e. The number of benzene rings is 4. The average molecular weight is 484 g/mol. The van der Waals surface area contributed by atoms with Crippen LogP contribution in [0.4, 0.5) is 0 Å². The monoisotopic (exact) mass is 483 g/mol. The number of likely N-dealkylation sites (tertiary alicyclic amines) is 1. The number of ether oxygens (including phenoxy) is 1. The summed E-state index contributed by atoms with van der Waals surface area (Å²) < 4.78 is 8.06. The first-order valence-corrected chi connectivity index (χ1v) is 12.6. The number of hydrogen-bond acceptors (Lipinski definition) is 6. The fourth-order valence-corrected chi connectivity index (χ4v) is 6.18. The Morgan fingerprint density at radius 2 is 1.54 bits per heavy atom. The molecule has 0 bridgehead atoms. The van der Waals surface area contributed by atoms with Gasteiger partial charge in [-0.3, -0.25) is 4.79 Å². The van der Waals surface area contributed by atoms with Crippen molar-refractivity contribution in [1.29, 1.82) is 0 Å². The first kappa shape index (κ1) is 21.9. The summed E-state index contributed by atoms with van der Waals surface area (Å²) in [6, 6.07) is 19.8. The first-order valence-electron chi connectivity index (χ1n) is 11.8. The minimum absolute atomic E-state index is 0.103. The third kappa shape index (κ3) is 3.99. The Balaban J connectivity index is 1.40. The van der Waals surface area contributed by atoms with Gasteiger partial charge >= 0.3 is 0 Å². The van der Waals surface area contributed by atoms with Crippen molar-refractivity contribution >= 4 is 48.1 Å². The van der Waals surface area contributed by atoms with Crippen molar-refractivity contribution in [2.75, 3.05) is 20.1 Å². The molecule has 2 N–H and O–H groups in total. The van der Waals surface area contributed by atoms with Gasteiger partial charge in [0, 0.05) is 44.4 Å². The minimum Gasteiger partial charge on any atom is -0.508 e. The van der Waals surface area contributed by atoms with Gasteiger partial charge in [0.2, 0.25) is 0 Å². The molecule has 2 heterocycles. The molecule has 5 nitrogen and oxygen atoms in total. The molecule has 35 heavy (non-hydrogen) atoms. The highest BCUT2D eigenvalue weighted by atomic mass is 32.1. The van der Waals surface area contributed by atoms with E-state index in [1.54, 1.807) is 35.6 Å². The number of carbonyl (C=O) groups excluding carboxylic acids is 1. The van der Waals surface area contributed by atoms with Crippen LogP contribution >= 0.6 is 11.3 Å². The Kier molecular flexibility index (Phi) is 5.35. The van der Waals surface area contributed by atoms with Gasteiger partial charge in [-0.1, -0.05) is 6.07 Å². The number of hydrogen-bond donors (Lipinski definition) is 2. The van der Waals surface area contributed by atoms with Crippen molar-refractivity contribution < 1.29 is 19.7 Å². The zero-order chi connectivity index (χ0) is 24.1. The molecule has 1 saturated heterocycles. The second-order valence-electron chi connectivity index (χ2n) is 9.28. The van der Waals surface area contributed by atoms with Crippen molar-refractivity contribution in [1.82, 2.24) is 4.90 Å². The lowest BCUT2D eigenvalue weighted by Crippen LogP contribution is -2.35. The number of aromatic hydroxyl groups is 2. The van der Waals surface area contributed by atoms with Crippen molar-refractivity contribution in [2.45, 2.75) is 18.9 Å². The Bertz CT molecular complexity index is 1580. The van der Waals surface area contributed by atoms with E-state index in [0.717, 1.165) is 57.2 Å². The van der Waals surface area contributed by atoms with Crippen molar-refractivity contribution in [3.63, 3.8) is 0 Å². The van der Waals surface area contributed by atoms with E-state index in [9.17, 15) is 15.0 Å². The van der Waals surface area contributed by atoms with E-state index in [2.05, 4.69) is 11.9 Å². The number of carbonyl (C=O) groups is 1. The van der Waals surface area contributed by atoms with Crippen LogP contribution in [0.25, 0.3) is 30.9 Å². The molecule has 0 saturated carbocycles. The maximum atomic E-state index is 13.7. The van der Waals surface area contributed by atoms with Gasteiger partial charge in [0.05, 0.1) is 0 Å². The zero-order valence-electron chi connectivity index (χ0n) is 19.3. The van der Waals surface area contributed by atoms with Gasteiger partial charge in [0.1, 0.15) is 23.4 Å². The van der Waals surface area contributed by atoms with Crippen molar-refractivity contribution in [3.05, 3.63) is 77.9 Å². The highest BCUT2D eigenvalue weighted by Crippen LogP contribution is 2.42. The van der Waals surface area contributed by atoms with E-state index in [-0.39, 0.29) is 23.4 Å².